The van der Waals surface area contributed by atoms with Gasteiger partial charge in [0.15, 0.2) is 0 Å². The second-order valence-corrected chi connectivity index (χ2v) is 7.88. The van der Waals surface area contributed by atoms with Crippen LogP contribution in [0.5, 0.6) is 0 Å². The van der Waals surface area contributed by atoms with Gasteiger partial charge in [0.2, 0.25) is 11.8 Å². The first-order valence-corrected chi connectivity index (χ1v) is 9.87. The minimum absolute atomic E-state index is 0.0332. The normalized spacial score (nSPS) is 23.1. The average molecular weight is 365 g/mol. The molecule has 0 bridgehead atoms. The SMILES string of the molecule is CN1C[C@@H](NC(=O)C2CCC2)C[C@H]1C(=O)NCc1cccc2ccccc12. The van der Waals surface area contributed by atoms with Gasteiger partial charge in [-0.2, -0.15) is 0 Å². The molecule has 0 radical (unpaired) electrons. The molecule has 1 aliphatic heterocycles. The van der Waals surface area contributed by atoms with Crippen LogP contribution in [0.1, 0.15) is 31.2 Å². The molecule has 0 unspecified atom stereocenters. The minimum Gasteiger partial charge on any atom is -0.352 e. The van der Waals surface area contributed by atoms with Crippen LogP contribution >= 0.6 is 0 Å². The van der Waals surface area contributed by atoms with Crippen molar-refractivity contribution in [2.24, 2.45) is 5.92 Å². The van der Waals surface area contributed by atoms with Crippen molar-refractivity contribution >= 4 is 22.6 Å². The van der Waals surface area contributed by atoms with E-state index < -0.39 is 0 Å². The highest BCUT2D eigenvalue weighted by atomic mass is 16.2. The van der Waals surface area contributed by atoms with Crippen LogP contribution < -0.4 is 10.6 Å². The van der Waals surface area contributed by atoms with Gasteiger partial charge in [-0.1, -0.05) is 48.9 Å². The number of carbonyl (C=O) groups excluding carboxylic acids is 2. The highest BCUT2D eigenvalue weighted by molar-refractivity contribution is 5.87. The molecule has 1 saturated heterocycles. The Balaban J connectivity index is 1.34. The first-order valence-electron chi connectivity index (χ1n) is 9.87. The molecule has 5 nitrogen and oxygen atoms in total. The molecule has 27 heavy (non-hydrogen) atoms. The summed E-state index contributed by atoms with van der Waals surface area (Å²) in [5.41, 5.74) is 1.12. The lowest BCUT2D eigenvalue weighted by molar-refractivity contribution is -0.128. The molecule has 5 heteroatoms. The quantitative estimate of drug-likeness (QED) is 0.856. The largest absolute Gasteiger partial charge is 0.352 e. The van der Waals surface area contributed by atoms with Crippen molar-refractivity contribution in [1.29, 1.82) is 0 Å². The first-order chi connectivity index (χ1) is 13.1. The van der Waals surface area contributed by atoms with Crippen LogP contribution in [0, 0.1) is 5.92 Å². The predicted octanol–water partition coefficient (Wildman–Crippen LogP) is 2.45. The van der Waals surface area contributed by atoms with Crippen molar-refractivity contribution in [3.05, 3.63) is 48.0 Å². The van der Waals surface area contributed by atoms with Gasteiger partial charge in [-0.05, 0) is 42.6 Å². The van der Waals surface area contributed by atoms with E-state index >= 15 is 0 Å². The van der Waals surface area contributed by atoms with Crippen LogP contribution in [0.2, 0.25) is 0 Å². The van der Waals surface area contributed by atoms with Crippen molar-refractivity contribution in [3.8, 4) is 0 Å². The third-order valence-electron chi connectivity index (χ3n) is 6.01. The summed E-state index contributed by atoms with van der Waals surface area (Å²) in [5.74, 6) is 0.386. The zero-order valence-corrected chi connectivity index (χ0v) is 15.8. The van der Waals surface area contributed by atoms with Crippen LogP contribution in [0.4, 0.5) is 0 Å². The molecule has 1 heterocycles. The van der Waals surface area contributed by atoms with Gasteiger partial charge in [0.25, 0.3) is 0 Å². The molecule has 2 amide bonds. The minimum atomic E-state index is -0.188. The zero-order chi connectivity index (χ0) is 18.8. The van der Waals surface area contributed by atoms with Crippen LogP contribution in [0.15, 0.2) is 42.5 Å². The van der Waals surface area contributed by atoms with Crippen molar-refractivity contribution < 1.29 is 9.59 Å². The number of carbonyl (C=O) groups is 2. The molecule has 0 aromatic heterocycles. The number of rotatable bonds is 5. The molecule has 1 aliphatic carbocycles. The van der Waals surface area contributed by atoms with Crippen molar-refractivity contribution in [2.45, 2.75) is 44.3 Å². The summed E-state index contributed by atoms with van der Waals surface area (Å²) in [4.78, 5) is 26.9. The molecule has 2 aromatic rings. The van der Waals surface area contributed by atoms with Crippen molar-refractivity contribution in [1.82, 2.24) is 15.5 Å². The van der Waals surface area contributed by atoms with E-state index in [4.69, 9.17) is 0 Å². The van der Waals surface area contributed by atoms with E-state index in [1.54, 1.807) is 0 Å². The Kier molecular flexibility index (Phi) is 5.12. The topological polar surface area (TPSA) is 61.4 Å². The van der Waals surface area contributed by atoms with Crippen LogP contribution in [0.25, 0.3) is 10.8 Å². The fourth-order valence-corrected chi connectivity index (χ4v) is 4.15. The summed E-state index contributed by atoms with van der Waals surface area (Å²) in [6.45, 7) is 1.24. The maximum Gasteiger partial charge on any atom is 0.237 e. The monoisotopic (exact) mass is 365 g/mol. The molecule has 2 aromatic carbocycles. The summed E-state index contributed by atoms with van der Waals surface area (Å²) in [6, 6.07) is 14.3. The Hall–Kier alpha value is -2.40. The summed E-state index contributed by atoms with van der Waals surface area (Å²) < 4.78 is 0. The Bertz CT molecular complexity index is 841. The maximum atomic E-state index is 12.7. The van der Waals surface area contributed by atoms with Gasteiger partial charge in [0.1, 0.15) is 0 Å². The lowest BCUT2D eigenvalue weighted by atomic mass is 9.84. The number of hydrogen-bond acceptors (Lipinski definition) is 3. The Morgan fingerprint density at radius 1 is 1.07 bits per heavy atom. The maximum absolute atomic E-state index is 12.7. The van der Waals surface area contributed by atoms with Gasteiger partial charge in [-0.25, -0.2) is 0 Å². The number of hydrogen-bond donors (Lipinski definition) is 2. The summed E-state index contributed by atoms with van der Waals surface area (Å²) in [5, 5.41) is 8.58. The summed E-state index contributed by atoms with van der Waals surface area (Å²) in [6.07, 6.45) is 3.84. The second-order valence-electron chi connectivity index (χ2n) is 7.88. The molecule has 142 valence electrons. The number of likely N-dealkylation sites (tertiary alicyclic amines) is 1. The Morgan fingerprint density at radius 3 is 2.63 bits per heavy atom. The predicted molar refractivity (Wildman–Crippen MR) is 106 cm³/mol. The fourth-order valence-electron chi connectivity index (χ4n) is 4.15. The number of likely N-dealkylation sites (N-methyl/N-ethyl adjacent to an activating group) is 1. The van der Waals surface area contributed by atoms with E-state index in [9.17, 15) is 9.59 Å². The van der Waals surface area contributed by atoms with Crippen LogP contribution in [-0.4, -0.2) is 42.4 Å². The molecule has 2 fully saturated rings. The van der Waals surface area contributed by atoms with Crippen LogP contribution in [0.3, 0.4) is 0 Å². The van der Waals surface area contributed by atoms with Crippen LogP contribution in [-0.2, 0) is 16.1 Å². The lowest BCUT2D eigenvalue weighted by Crippen LogP contribution is -2.42. The van der Waals surface area contributed by atoms with E-state index in [2.05, 4.69) is 34.9 Å². The van der Waals surface area contributed by atoms with Gasteiger partial charge < -0.3 is 10.6 Å². The molecule has 1 saturated carbocycles. The molecule has 2 N–H and O–H groups in total. The molecule has 2 aliphatic rings. The molecule has 0 spiro atoms. The molecule has 4 rings (SSSR count). The van der Waals surface area contributed by atoms with E-state index in [0.29, 0.717) is 13.0 Å². The average Bonchev–Trinajstić information content (AvgIpc) is 2.98. The van der Waals surface area contributed by atoms with Crippen molar-refractivity contribution in [2.75, 3.05) is 13.6 Å². The van der Waals surface area contributed by atoms with Gasteiger partial charge in [0.05, 0.1) is 6.04 Å². The standard InChI is InChI=1S/C22H27N3O2/c1-25-14-18(24-21(26)16-8-5-9-16)12-20(25)22(27)23-13-17-10-4-7-15-6-2-3-11-19(15)17/h2-4,6-7,10-11,16,18,20H,5,8-9,12-14H2,1H3,(H,23,27)(H,24,26)/t18-,20-/m0/s1. The van der Waals surface area contributed by atoms with E-state index in [0.717, 1.165) is 31.4 Å². The number of fused-ring (bicyclic) bond motifs is 1. The Morgan fingerprint density at radius 2 is 1.85 bits per heavy atom. The highest BCUT2D eigenvalue weighted by Crippen LogP contribution is 2.27. The second kappa shape index (κ2) is 7.69. The van der Waals surface area contributed by atoms with Crippen molar-refractivity contribution in [3.63, 3.8) is 0 Å². The zero-order valence-electron chi connectivity index (χ0n) is 15.8. The lowest BCUT2D eigenvalue weighted by Gasteiger charge is -2.25. The third kappa shape index (κ3) is 3.83. The summed E-state index contributed by atoms with van der Waals surface area (Å²) >= 11 is 0. The number of benzene rings is 2. The smallest absolute Gasteiger partial charge is 0.237 e. The number of nitrogens with one attached hydrogen (secondary N) is 2. The number of amides is 2. The molecular formula is C22H27N3O2. The fraction of sp³-hybridized carbons (Fsp3) is 0.455. The highest BCUT2D eigenvalue weighted by Gasteiger charge is 2.36. The number of nitrogens with zero attached hydrogens (tertiary/aromatic N) is 1. The van der Waals surface area contributed by atoms with Gasteiger partial charge in [-0.3, -0.25) is 14.5 Å². The first kappa shape index (κ1) is 18.0. The van der Waals surface area contributed by atoms with E-state index in [1.165, 1.54) is 10.8 Å². The van der Waals surface area contributed by atoms with E-state index in [-0.39, 0.29) is 29.8 Å². The van der Waals surface area contributed by atoms with E-state index in [1.807, 2.05) is 30.1 Å². The molecular weight excluding hydrogens is 338 g/mol. The summed E-state index contributed by atoms with van der Waals surface area (Å²) in [7, 11) is 1.96. The third-order valence-corrected chi connectivity index (χ3v) is 6.01. The Labute approximate surface area is 160 Å². The van der Waals surface area contributed by atoms with Gasteiger partial charge >= 0.3 is 0 Å². The van der Waals surface area contributed by atoms with Gasteiger partial charge in [-0.15, -0.1) is 0 Å². The molecule has 2 atom stereocenters. The van der Waals surface area contributed by atoms with Gasteiger partial charge in [0, 0.05) is 25.0 Å².